The summed E-state index contributed by atoms with van der Waals surface area (Å²) in [6.45, 7) is 2.66. The lowest BCUT2D eigenvalue weighted by molar-refractivity contribution is 0.0301. The molecule has 6 atom stereocenters. The summed E-state index contributed by atoms with van der Waals surface area (Å²) < 4.78 is 0. The van der Waals surface area contributed by atoms with Gasteiger partial charge in [0.05, 0.1) is 22.2 Å². The number of fused-ring (bicyclic) bond motifs is 8. The van der Waals surface area contributed by atoms with Crippen molar-refractivity contribution < 1.29 is 0 Å². The Hall–Kier alpha value is -0.800. The minimum Gasteiger partial charge on any atom is -0.187 e. The molecule has 8 aliphatic carbocycles. The van der Waals surface area contributed by atoms with Crippen molar-refractivity contribution in [1.29, 1.82) is 0 Å². The quantitative estimate of drug-likeness (QED) is 0.382. The lowest BCUT2D eigenvalue weighted by Crippen LogP contribution is -2.48. The van der Waals surface area contributed by atoms with Gasteiger partial charge < -0.3 is 0 Å². The first kappa shape index (κ1) is 20.4. The van der Waals surface area contributed by atoms with Gasteiger partial charge in [0, 0.05) is 0 Å². The van der Waals surface area contributed by atoms with Gasteiger partial charge in [-0.3, -0.25) is 0 Å². The van der Waals surface area contributed by atoms with Gasteiger partial charge in [-0.1, -0.05) is 6.92 Å². The van der Waals surface area contributed by atoms with E-state index in [0.717, 1.165) is 29.6 Å². The highest BCUT2D eigenvalue weighted by Gasteiger charge is 2.68. The Morgan fingerprint density at radius 2 is 1.06 bits per heavy atom. The van der Waals surface area contributed by atoms with Crippen molar-refractivity contribution in [2.45, 2.75) is 145 Å². The normalized spacial score (nSPS) is 60.6. The molecule has 4 heteroatoms. The molecular formula is C29H44N4. The summed E-state index contributed by atoms with van der Waals surface area (Å²) in [7, 11) is 0. The van der Waals surface area contributed by atoms with Crippen molar-refractivity contribution in [3.05, 3.63) is 0 Å². The number of rotatable bonds is 5. The molecule has 8 bridgehead atoms. The minimum atomic E-state index is 0.142. The van der Waals surface area contributed by atoms with E-state index < -0.39 is 0 Å². The van der Waals surface area contributed by atoms with Gasteiger partial charge in [-0.05, 0) is 151 Å². The van der Waals surface area contributed by atoms with Crippen LogP contribution in [0.1, 0.15) is 122 Å². The van der Waals surface area contributed by atoms with Crippen LogP contribution in [-0.4, -0.2) is 22.2 Å². The fourth-order valence-electron chi connectivity index (χ4n) is 11.5. The van der Waals surface area contributed by atoms with Crippen LogP contribution < -0.4 is 0 Å². The summed E-state index contributed by atoms with van der Waals surface area (Å²) in [4.78, 5) is 0. The molecule has 0 unspecified atom stereocenters. The van der Waals surface area contributed by atoms with Crippen LogP contribution >= 0.6 is 0 Å². The highest BCUT2D eigenvalue weighted by molar-refractivity contribution is 5.21. The number of hydrogen-bond donors (Lipinski definition) is 0. The van der Waals surface area contributed by atoms with Gasteiger partial charge in [0.2, 0.25) is 0 Å². The Balaban J connectivity index is 1.07. The Labute approximate surface area is 200 Å². The van der Waals surface area contributed by atoms with Crippen LogP contribution in [-0.2, 0) is 0 Å². The highest BCUT2D eigenvalue weighted by atomic mass is 15.2. The van der Waals surface area contributed by atoms with Crippen molar-refractivity contribution in [2.75, 3.05) is 0 Å². The zero-order valence-electron chi connectivity index (χ0n) is 20.9. The molecule has 0 aromatic carbocycles. The molecule has 0 aromatic heterocycles. The molecule has 0 radical (unpaired) electrons. The zero-order chi connectivity index (χ0) is 21.9. The molecule has 4 nitrogen and oxygen atoms in total. The van der Waals surface area contributed by atoms with Gasteiger partial charge in [-0.15, -0.1) is 0 Å². The Morgan fingerprint density at radius 1 is 0.485 bits per heavy atom. The first-order chi connectivity index (χ1) is 15.9. The van der Waals surface area contributed by atoms with Crippen LogP contribution in [0, 0.1) is 35.0 Å². The number of nitrogens with zero attached hydrogens (tertiary/aromatic N) is 4. The van der Waals surface area contributed by atoms with Crippen LogP contribution in [0.25, 0.3) is 0 Å². The second-order valence-corrected chi connectivity index (χ2v) is 14.9. The molecule has 8 aliphatic rings. The molecule has 8 rings (SSSR count). The molecule has 33 heavy (non-hydrogen) atoms. The summed E-state index contributed by atoms with van der Waals surface area (Å²) >= 11 is 0. The van der Waals surface area contributed by atoms with Crippen LogP contribution in [0.5, 0.6) is 0 Å². The first-order valence-corrected chi connectivity index (χ1v) is 14.8. The van der Waals surface area contributed by atoms with E-state index in [-0.39, 0.29) is 22.2 Å². The standard InChI is InChI=1S/C29H44N4/c1-25(14-22-6-13-29(25,17-22)33-31-27-10-4-21(16-27)5-11-27)24-19-28(12-7-23(24)18-28)32-30-26-8-2-20(15-26)3-9-26/h20-24H,2-19H2,1H3/t20?,21?,22-,23+,24+,25-,26?,27?,28-,29+/m1/s1. The van der Waals surface area contributed by atoms with Gasteiger partial charge in [0.25, 0.3) is 0 Å². The van der Waals surface area contributed by atoms with E-state index in [1.807, 2.05) is 0 Å². The maximum absolute atomic E-state index is 5.48. The van der Waals surface area contributed by atoms with Gasteiger partial charge in [0.15, 0.2) is 0 Å². The summed E-state index contributed by atoms with van der Waals surface area (Å²) in [5.41, 5.74) is 1.16. The maximum Gasteiger partial charge on any atom is 0.0875 e. The smallest absolute Gasteiger partial charge is 0.0875 e. The van der Waals surface area contributed by atoms with E-state index in [9.17, 15) is 0 Å². The summed E-state index contributed by atoms with van der Waals surface area (Å²) in [5.74, 6) is 4.47. The minimum absolute atomic E-state index is 0.142. The number of hydrogen-bond acceptors (Lipinski definition) is 4. The molecular weight excluding hydrogens is 404 g/mol. The molecule has 0 N–H and O–H groups in total. The van der Waals surface area contributed by atoms with E-state index in [4.69, 9.17) is 20.5 Å². The Kier molecular flexibility index (Phi) is 4.01. The Morgan fingerprint density at radius 3 is 1.67 bits per heavy atom. The van der Waals surface area contributed by atoms with E-state index in [0.29, 0.717) is 5.41 Å². The average Bonchev–Trinajstić information content (AvgIpc) is 3.68. The SMILES string of the molecule is C[C@]1([C@H]2C[C@@]3(N=NC45CCC(CC4)C5)CC[C@H]2C3)C[C@H]2CC[C@]1(N=NC13CCC(CC1)C3)C2. The monoisotopic (exact) mass is 448 g/mol. The fraction of sp³-hybridized carbons (Fsp3) is 1.00. The van der Waals surface area contributed by atoms with E-state index in [1.54, 1.807) is 0 Å². The van der Waals surface area contributed by atoms with E-state index in [1.165, 1.54) is 116 Å². The molecule has 0 saturated heterocycles. The van der Waals surface area contributed by atoms with Crippen molar-refractivity contribution in [1.82, 2.24) is 0 Å². The van der Waals surface area contributed by atoms with E-state index in [2.05, 4.69) is 6.92 Å². The van der Waals surface area contributed by atoms with Crippen LogP contribution in [0.15, 0.2) is 20.5 Å². The first-order valence-electron chi connectivity index (χ1n) is 14.8. The predicted octanol–water partition coefficient (Wildman–Crippen LogP) is 8.06. The zero-order valence-corrected chi connectivity index (χ0v) is 20.9. The molecule has 0 heterocycles. The van der Waals surface area contributed by atoms with Gasteiger partial charge in [-0.25, -0.2) is 0 Å². The highest BCUT2D eigenvalue weighted by Crippen LogP contribution is 2.70. The third-order valence-electron chi connectivity index (χ3n) is 13.3. The second-order valence-electron chi connectivity index (χ2n) is 14.9. The summed E-state index contributed by atoms with van der Waals surface area (Å²) in [5, 5.41) is 21.3. The molecule has 0 amide bonds. The van der Waals surface area contributed by atoms with Crippen LogP contribution in [0.3, 0.4) is 0 Å². The summed E-state index contributed by atoms with van der Waals surface area (Å²) in [6.07, 6.45) is 24.3. The fourth-order valence-corrected chi connectivity index (χ4v) is 11.5. The number of azo groups is 2. The van der Waals surface area contributed by atoms with Gasteiger partial charge >= 0.3 is 0 Å². The lowest BCUT2D eigenvalue weighted by atomic mass is 9.58. The largest absolute Gasteiger partial charge is 0.187 e. The molecule has 0 spiro atoms. The second kappa shape index (κ2) is 6.49. The molecule has 8 saturated carbocycles. The van der Waals surface area contributed by atoms with Crippen LogP contribution in [0.4, 0.5) is 0 Å². The van der Waals surface area contributed by atoms with E-state index >= 15 is 0 Å². The van der Waals surface area contributed by atoms with Crippen molar-refractivity contribution >= 4 is 0 Å². The third kappa shape index (κ3) is 2.76. The van der Waals surface area contributed by atoms with Crippen molar-refractivity contribution in [3.8, 4) is 0 Å². The Bertz CT molecular complexity index is 893. The van der Waals surface area contributed by atoms with Gasteiger partial charge in [0.1, 0.15) is 0 Å². The predicted molar refractivity (Wildman–Crippen MR) is 129 cm³/mol. The molecule has 0 aliphatic heterocycles. The third-order valence-corrected chi connectivity index (χ3v) is 13.3. The lowest BCUT2D eigenvalue weighted by Gasteiger charge is -2.49. The van der Waals surface area contributed by atoms with Crippen LogP contribution in [0.2, 0.25) is 0 Å². The van der Waals surface area contributed by atoms with Gasteiger partial charge in [-0.2, -0.15) is 20.5 Å². The molecule has 0 aromatic rings. The molecule has 8 fully saturated rings. The topological polar surface area (TPSA) is 49.4 Å². The van der Waals surface area contributed by atoms with Crippen molar-refractivity contribution in [2.24, 2.45) is 55.5 Å². The summed E-state index contributed by atoms with van der Waals surface area (Å²) in [6, 6.07) is 0. The van der Waals surface area contributed by atoms with Crippen molar-refractivity contribution in [3.63, 3.8) is 0 Å². The maximum atomic E-state index is 5.48. The molecule has 180 valence electrons. The average molecular weight is 449 g/mol.